The van der Waals surface area contributed by atoms with E-state index >= 15 is 0 Å². The van der Waals surface area contributed by atoms with Gasteiger partial charge in [0.25, 0.3) is 0 Å². The maximum absolute atomic E-state index is 12.5. The molecule has 0 spiro atoms. The van der Waals surface area contributed by atoms with Crippen molar-refractivity contribution in [1.29, 1.82) is 0 Å². The smallest absolute Gasteiger partial charge is 0.111 e. The van der Waals surface area contributed by atoms with Crippen molar-refractivity contribution in [1.82, 2.24) is 0 Å². The van der Waals surface area contributed by atoms with E-state index in [1.54, 1.807) is 6.92 Å². The lowest BCUT2D eigenvalue weighted by Gasteiger charge is -1.91. The summed E-state index contributed by atoms with van der Waals surface area (Å²) in [6.07, 6.45) is 1.80. The second-order valence-corrected chi connectivity index (χ2v) is 2.59. The molecular formula is C6H11F. The monoisotopic (exact) mass is 102 g/mol. The van der Waals surface area contributed by atoms with Crippen molar-refractivity contribution >= 4 is 0 Å². The topological polar surface area (TPSA) is 0 Å². The molecule has 0 N–H and O–H groups in total. The molecule has 0 bridgehead atoms. The molecule has 1 heteroatoms. The molecule has 42 valence electrons. The Morgan fingerprint density at radius 1 is 1.86 bits per heavy atom. The van der Waals surface area contributed by atoms with Gasteiger partial charge in [-0.2, -0.15) is 0 Å². The normalized spacial score (nSPS) is 49.3. The molecule has 1 aliphatic carbocycles. The zero-order chi connectivity index (χ0) is 5.49. The molecule has 7 heavy (non-hydrogen) atoms. The Bertz CT molecular complexity index is 76.2. The van der Waals surface area contributed by atoms with Gasteiger partial charge < -0.3 is 0 Å². The predicted octanol–water partition coefficient (Wildman–Crippen LogP) is 2.14. The summed E-state index contributed by atoms with van der Waals surface area (Å²) in [5.41, 5.74) is -0.783. The maximum Gasteiger partial charge on any atom is 0.111 e. The molecule has 0 radical (unpaired) electrons. The molecule has 0 nitrogen and oxygen atoms in total. The summed E-state index contributed by atoms with van der Waals surface area (Å²) in [7, 11) is 0. The summed E-state index contributed by atoms with van der Waals surface area (Å²) >= 11 is 0. The highest BCUT2D eigenvalue weighted by Crippen LogP contribution is 2.48. The van der Waals surface area contributed by atoms with Crippen LogP contribution in [0.5, 0.6) is 0 Å². The summed E-state index contributed by atoms with van der Waals surface area (Å²) in [6, 6.07) is 0. The third-order valence-corrected chi connectivity index (χ3v) is 1.83. The Morgan fingerprint density at radius 3 is 2.29 bits per heavy atom. The average Bonchev–Trinajstić information content (AvgIpc) is 2.13. The van der Waals surface area contributed by atoms with Gasteiger partial charge in [0.2, 0.25) is 0 Å². The lowest BCUT2D eigenvalue weighted by molar-refractivity contribution is 0.306. The van der Waals surface area contributed by atoms with E-state index in [2.05, 4.69) is 0 Å². The third kappa shape index (κ3) is 0.767. The first-order valence-electron chi connectivity index (χ1n) is 2.85. The van der Waals surface area contributed by atoms with Gasteiger partial charge in [0.1, 0.15) is 5.67 Å². The van der Waals surface area contributed by atoms with E-state index in [0.717, 1.165) is 12.8 Å². The van der Waals surface area contributed by atoms with Crippen LogP contribution in [0.4, 0.5) is 4.39 Å². The zero-order valence-corrected chi connectivity index (χ0v) is 4.87. The van der Waals surface area contributed by atoms with Crippen LogP contribution in [0.2, 0.25) is 0 Å². The van der Waals surface area contributed by atoms with E-state index in [0.29, 0.717) is 5.92 Å². The summed E-state index contributed by atoms with van der Waals surface area (Å²) in [4.78, 5) is 0. The van der Waals surface area contributed by atoms with Gasteiger partial charge in [-0.1, -0.05) is 13.3 Å². The van der Waals surface area contributed by atoms with Gasteiger partial charge in [-0.05, 0) is 19.3 Å². The van der Waals surface area contributed by atoms with Gasteiger partial charge in [0, 0.05) is 0 Å². The van der Waals surface area contributed by atoms with E-state index in [4.69, 9.17) is 0 Å². The lowest BCUT2D eigenvalue weighted by Crippen LogP contribution is -1.93. The van der Waals surface area contributed by atoms with Crippen LogP contribution in [0.3, 0.4) is 0 Å². The van der Waals surface area contributed by atoms with Crippen LogP contribution in [0.25, 0.3) is 0 Å². The van der Waals surface area contributed by atoms with Gasteiger partial charge in [0.15, 0.2) is 0 Å². The molecule has 0 aromatic carbocycles. The fraction of sp³-hybridized carbons (Fsp3) is 1.00. The Kier molecular flexibility index (Phi) is 0.875. The summed E-state index contributed by atoms with van der Waals surface area (Å²) in [5, 5.41) is 0. The number of rotatable bonds is 1. The van der Waals surface area contributed by atoms with Gasteiger partial charge in [-0.15, -0.1) is 0 Å². The molecule has 1 rings (SSSR count). The van der Waals surface area contributed by atoms with Crippen molar-refractivity contribution in [2.24, 2.45) is 5.92 Å². The van der Waals surface area contributed by atoms with Crippen molar-refractivity contribution in [3.8, 4) is 0 Å². The van der Waals surface area contributed by atoms with Crippen molar-refractivity contribution < 1.29 is 4.39 Å². The summed E-state index contributed by atoms with van der Waals surface area (Å²) < 4.78 is 12.5. The van der Waals surface area contributed by atoms with Crippen LogP contribution < -0.4 is 0 Å². The van der Waals surface area contributed by atoms with Crippen LogP contribution in [0.15, 0.2) is 0 Å². The average molecular weight is 102 g/mol. The first-order valence-corrected chi connectivity index (χ1v) is 2.85. The highest BCUT2D eigenvalue weighted by molar-refractivity contribution is 4.98. The number of hydrogen-bond donors (Lipinski definition) is 0. The number of alkyl halides is 1. The van der Waals surface area contributed by atoms with Crippen LogP contribution in [-0.4, -0.2) is 5.67 Å². The standard InChI is InChI=1S/C6H11F/c1-3-5-4-6(5,2)7/h5H,3-4H2,1-2H3. The minimum atomic E-state index is -0.783. The molecule has 0 heterocycles. The first-order chi connectivity index (χ1) is 3.17. The van der Waals surface area contributed by atoms with Crippen molar-refractivity contribution in [3.05, 3.63) is 0 Å². The first kappa shape index (κ1) is 5.07. The molecule has 1 saturated carbocycles. The Morgan fingerprint density at radius 2 is 2.29 bits per heavy atom. The Labute approximate surface area is 43.7 Å². The molecule has 0 aliphatic heterocycles. The third-order valence-electron chi connectivity index (χ3n) is 1.83. The fourth-order valence-corrected chi connectivity index (χ4v) is 0.993. The molecule has 0 aromatic rings. The quantitative estimate of drug-likeness (QED) is 0.476. The summed E-state index contributed by atoms with van der Waals surface area (Å²) in [6.45, 7) is 3.72. The Hall–Kier alpha value is -0.0700. The molecule has 1 aliphatic rings. The second kappa shape index (κ2) is 1.21. The fourth-order valence-electron chi connectivity index (χ4n) is 0.993. The second-order valence-electron chi connectivity index (χ2n) is 2.59. The molecule has 2 atom stereocenters. The minimum Gasteiger partial charge on any atom is -0.244 e. The van der Waals surface area contributed by atoms with Crippen LogP contribution in [0.1, 0.15) is 26.7 Å². The zero-order valence-electron chi connectivity index (χ0n) is 4.87. The van der Waals surface area contributed by atoms with Gasteiger partial charge in [-0.3, -0.25) is 0 Å². The van der Waals surface area contributed by atoms with E-state index in [-0.39, 0.29) is 0 Å². The van der Waals surface area contributed by atoms with Gasteiger partial charge >= 0.3 is 0 Å². The minimum absolute atomic E-state index is 0.382. The SMILES string of the molecule is CCC1CC1(C)F. The van der Waals surface area contributed by atoms with E-state index in [1.165, 1.54) is 0 Å². The van der Waals surface area contributed by atoms with Crippen LogP contribution in [-0.2, 0) is 0 Å². The molecule has 0 amide bonds. The van der Waals surface area contributed by atoms with Crippen molar-refractivity contribution in [3.63, 3.8) is 0 Å². The summed E-state index contributed by atoms with van der Waals surface area (Å²) in [5.74, 6) is 0.382. The van der Waals surface area contributed by atoms with Crippen LogP contribution >= 0.6 is 0 Å². The Balaban J connectivity index is 2.30. The van der Waals surface area contributed by atoms with E-state index in [1.807, 2.05) is 6.92 Å². The van der Waals surface area contributed by atoms with Crippen molar-refractivity contribution in [2.45, 2.75) is 32.4 Å². The van der Waals surface area contributed by atoms with Crippen LogP contribution in [0, 0.1) is 5.92 Å². The van der Waals surface area contributed by atoms with E-state index < -0.39 is 5.67 Å². The molecule has 1 fully saturated rings. The van der Waals surface area contributed by atoms with Gasteiger partial charge in [0.05, 0.1) is 0 Å². The molecule has 0 aromatic heterocycles. The van der Waals surface area contributed by atoms with Gasteiger partial charge in [-0.25, -0.2) is 4.39 Å². The molecule has 0 saturated heterocycles. The van der Waals surface area contributed by atoms with Crippen molar-refractivity contribution in [2.75, 3.05) is 0 Å². The highest BCUT2D eigenvalue weighted by Gasteiger charge is 2.49. The predicted molar refractivity (Wildman–Crippen MR) is 27.9 cm³/mol. The van der Waals surface area contributed by atoms with E-state index in [9.17, 15) is 4.39 Å². The lowest BCUT2D eigenvalue weighted by atomic mass is 10.2. The maximum atomic E-state index is 12.5. The molecule has 2 unspecified atom stereocenters. The molecular weight excluding hydrogens is 91.1 g/mol. The number of hydrogen-bond acceptors (Lipinski definition) is 0. The highest BCUT2D eigenvalue weighted by atomic mass is 19.1. The number of halogens is 1. The largest absolute Gasteiger partial charge is 0.244 e.